The SMILES string of the molecule is Brc1ccccc1-c1cnc(CN2CCNCC2)[nH]1. The van der Waals surface area contributed by atoms with Crippen LogP contribution >= 0.6 is 15.9 Å². The zero-order chi connectivity index (χ0) is 13.1. The quantitative estimate of drug-likeness (QED) is 0.911. The van der Waals surface area contributed by atoms with E-state index in [1.54, 1.807) is 0 Å². The second-order valence-electron chi connectivity index (χ2n) is 4.75. The Hall–Kier alpha value is -1.17. The van der Waals surface area contributed by atoms with Gasteiger partial charge in [-0.25, -0.2) is 4.98 Å². The van der Waals surface area contributed by atoms with Crippen LogP contribution in [0.2, 0.25) is 0 Å². The molecule has 0 aliphatic carbocycles. The van der Waals surface area contributed by atoms with E-state index in [4.69, 9.17) is 0 Å². The van der Waals surface area contributed by atoms with E-state index in [1.807, 2.05) is 24.4 Å². The van der Waals surface area contributed by atoms with Crippen molar-refractivity contribution in [2.24, 2.45) is 0 Å². The van der Waals surface area contributed by atoms with Gasteiger partial charge in [-0.3, -0.25) is 4.90 Å². The first-order chi connectivity index (χ1) is 9.33. The van der Waals surface area contributed by atoms with Gasteiger partial charge in [-0.2, -0.15) is 0 Å². The second-order valence-corrected chi connectivity index (χ2v) is 5.60. The Balaban J connectivity index is 1.74. The van der Waals surface area contributed by atoms with Gasteiger partial charge >= 0.3 is 0 Å². The average Bonchev–Trinajstić information content (AvgIpc) is 2.89. The Morgan fingerprint density at radius 1 is 1.21 bits per heavy atom. The van der Waals surface area contributed by atoms with E-state index < -0.39 is 0 Å². The third-order valence-corrected chi connectivity index (χ3v) is 4.07. The van der Waals surface area contributed by atoms with Crippen LogP contribution in [-0.2, 0) is 6.54 Å². The second kappa shape index (κ2) is 5.86. The molecule has 0 unspecified atom stereocenters. The lowest BCUT2D eigenvalue weighted by molar-refractivity contribution is 0.228. The maximum Gasteiger partial charge on any atom is 0.120 e. The summed E-state index contributed by atoms with van der Waals surface area (Å²) < 4.78 is 1.09. The van der Waals surface area contributed by atoms with E-state index in [2.05, 4.69) is 42.2 Å². The molecule has 1 saturated heterocycles. The molecule has 0 amide bonds. The molecule has 4 nitrogen and oxygen atoms in total. The number of nitrogens with zero attached hydrogens (tertiary/aromatic N) is 2. The smallest absolute Gasteiger partial charge is 0.120 e. The summed E-state index contributed by atoms with van der Waals surface area (Å²) in [6.45, 7) is 5.21. The molecule has 0 radical (unpaired) electrons. The number of H-pyrrole nitrogens is 1. The van der Waals surface area contributed by atoms with Crippen molar-refractivity contribution in [2.75, 3.05) is 26.2 Å². The number of hydrogen-bond acceptors (Lipinski definition) is 3. The number of hydrogen-bond donors (Lipinski definition) is 2. The molecule has 2 N–H and O–H groups in total. The molecule has 0 spiro atoms. The number of benzene rings is 1. The number of imidazole rings is 1. The standard InChI is InChI=1S/C14H17BrN4/c15-12-4-2-1-3-11(12)13-9-17-14(18-13)10-19-7-5-16-6-8-19/h1-4,9,16H,5-8,10H2,(H,17,18). The van der Waals surface area contributed by atoms with Crippen LogP contribution in [0.1, 0.15) is 5.82 Å². The van der Waals surface area contributed by atoms with Gasteiger partial charge in [0.05, 0.1) is 18.4 Å². The zero-order valence-corrected chi connectivity index (χ0v) is 12.3. The molecule has 0 bridgehead atoms. The van der Waals surface area contributed by atoms with Crippen LogP contribution in [0.15, 0.2) is 34.9 Å². The van der Waals surface area contributed by atoms with Crippen LogP contribution in [0.3, 0.4) is 0 Å². The van der Waals surface area contributed by atoms with Gasteiger partial charge in [-0.05, 0) is 6.07 Å². The predicted octanol–water partition coefficient (Wildman–Crippen LogP) is 2.24. The maximum absolute atomic E-state index is 4.49. The molecular formula is C14H17BrN4. The Bertz CT molecular complexity index is 546. The lowest BCUT2D eigenvalue weighted by atomic mass is 10.2. The number of nitrogens with one attached hydrogen (secondary N) is 2. The molecule has 19 heavy (non-hydrogen) atoms. The minimum atomic E-state index is 0.895. The minimum absolute atomic E-state index is 0.895. The van der Waals surface area contributed by atoms with Gasteiger partial charge in [-0.15, -0.1) is 0 Å². The molecule has 1 aliphatic rings. The molecule has 0 atom stereocenters. The summed E-state index contributed by atoms with van der Waals surface area (Å²) in [6, 6.07) is 8.20. The third kappa shape index (κ3) is 3.05. The van der Waals surface area contributed by atoms with Gasteiger partial charge in [0.25, 0.3) is 0 Å². The van der Waals surface area contributed by atoms with Crippen molar-refractivity contribution in [3.63, 3.8) is 0 Å². The normalized spacial score (nSPS) is 16.7. The summed E-state index contributed by atoms with van der Waals surface area (Å²) in [5, 5.41) is 3.36. The lowest BCUT2D eigenvalue weighted by Crippen LogP contribution is -2.43. The average molecular weight is 321 g/mol. The van der Waals surface area contributed by atoms with Crippen molar-refractivity contribution in [3.8, 4) is 11.3 Å². The van der Waals surface area contributed by atoms with Gasteiger partial charge in [0.15, 0.2) is 0 Å². The molecule has 0 saturated carbocycles. The Morgan fingerprint density at radius 3 is 2.79 bits per heavy atom. The summed E-state index contributed by atoms with van der Waals surface area (Å²) in [7, 11) is 0. The summed E-state index contributed by atoms with van der Waals surface area (Å²) >= 11 is 3.57. The molecule has 5 heteroatoms. The summed E-state index contributed by atoms with van der Waals surface area (Å²) in [5.41, 5.74) is 2.22. The highest BCUT2D eigenvalue weighted by molar-refractivity contribution is 9.10. The van der Waals surface area contributed by atoms with Crippen molar-refractivity contribution in [1.82, 2.24) is 20.2 Å². The topological polar surface area (TPSA) is 44.0 Å². The van der Waals surface area contributed by atoms with Crippen LogP contribution < -0.4 is 5.32 Å². The Labute approximate surface area is 121 Å². The fourth-order valence-corrected chi connectivity index (χ4v) is 2.84. The zero-order valence-electron chi connectivity index (χ0n) is 10.7. The number of halogens is 1. The highest BCUT2D eigenvalue weighted by Gasteiger charge is 2.12. The van der Waals surface area contributed by atoms with E-state index in [0.717, 1.165) is 54.3 Å². The maximum atomic E-state index is 4.49. The summed E-state index contributed by atoms with van der Waals surface area (Å²) in [5.74, 6) is 1.03. The first kappa shape index (κ1) is 12.8. The first-order valence-electron chi connectivity index (χ1n) is 6.55. The van der Waals surface area contributed by atoms with Gasteiger partial charge in [-0.1, -0.05) is 34.1 Å². The summed E-state index contributed by atoms with van der Waals surface area (Å²) in [4.78, 5) is 10.3. The van der Waals surface area contributed by atoms with Crippen molar-refractivity contribution in [2.45, 2.75) is 6.54 Å². The number of piperazine rings is 1. The molecule has 1 aromatic carbocycles. The molecule has 1 aliphatic heterocycles. The number of aromatic amines is 1. The van der Waals surface area contributed by atoms with Crippen LogP contribution in [-0.4, -0.2) is 41.0 Å². The fourth-order valence-electron chi connectivity index (χ4n) is 2.34. The van der Waals surface area contributed by atoms with Gasteiger partial charge in [0.1, 0.15) is 5.82 Å². The molecule has 3 rings (SSSR count). The van der Waals surface area contributed by atoms with E-state index in [1.165, 1.54) is 0 Å². The number of rotatable bonds is 3. The minimum Gasteiger partial charge on any atom is -0.341 e. The monoisotopic (exact) mass is 320 g/mol. The summed E-state index contributed by atoms with van der Waals surface area (Å²) in [6.07, 6.45) is 1.91. The molecule has 100 valence electrons. The van der Waals surface area contributed by atoms with Crippen molar-refractivity contribution in [1.29, 1.82) is 0 Å². The third-order valence-electron chi connectivity index (χ3n) is 3.38. The molecule has 1 aromatic heterocycles. The van der Waals surface area contributed by atoms with Gasteiger partial charge in [0, 0.05) is 36.2 Å². The lowest BCUT2D eigenvalue weighted by Gasteiger charge is -2.26. The Morgan fingerprint density at radius 2 is 2.00 bits per heavy atom. The van der Waals surface area contributed by atoms with Crippen molar-refractivity contribution < 1.29 is 0 Å². The van der Waals surface area contributed by atoms with Crippen LogP contribution in [0.25, 0.3) is 11.3 Å². The van der Waals surface area contributed by atoms with Crippen molar-refractivity contribution >= 4 is 15.9 Å². The van der Waals surface area contributed by atoms with E-state index in [-0.39, 0.29) is 0 Å². The first-order valence-corrected chi connectivity index (χ1v) is 7.34. The van der Waals surface area contributed by atoms with E-state index in [0.29, 0.717) is 0 Å². The Kier molecular flexibility index (Phi) is 3.96. The number of aromatic nitrogens is 2. The highest BCUT2D eigenvalue weighted by Crippen LogP contribution is 2.26. The molecule has 2 aromatic rings. The largest absolute Gasteiger partial charge is 0.341 e. The van der Waals surface area contributed by atoms with E-state index in [9.17, 15) is 0 Å². The molecule has 1 fully saturated rings. The fraction of sp³-hybridized carbons (Fsp3) is 0.357. The molecule has 2 heterocycles. The van der Waals surface area contributed by atoms with Crippen LogP contribution in [0.4, 0.5) is 0 Å². The van der Waals surface area contributed by atoms with Gasteiger partial charge < -0.3 is 10.3 Å². The van der Waals surface area contributed by atoms with Gasteiger partial charge in [0.2, 0.25) is 0 Å². The van der Waals surface area contributed by atoms with Crippen LogP contribution in [0.5, 0.6) is 0 Å². The molecular weight excluding hydrogens is 304 g/mol. The van der Waals surface area contributed by atoms with Crippen molar-refractivity contribution in [3.05, 3.63) is 40.8 Å². The highest BCUT2D eigenvalue weighted by atomic mass is 79.9. The van der Waals surface area contributed by atoms with Crippen LogP contribution in [0, 0.1) is 0 Å². The predicted molar refractivity (Wildman–Crippen MR) is 79.9 cm³/mol. The van der Waals surface area contributed by atoms with E-state index >= 15 is 0 Å².